The molecule has 1 aliphatic heterocycles. The number of nitro benzene ring substituents is 1. The molecule has 10 nitrogen and oxygen atoms in total. The molecule has 2 aliphatic rings. The van der Waals surface area contributed by atoms with Gasteiger partial charge in [-0.15, -0.1) is 0 Å². The van der Waals surface area contributed by atoms with Crippen LogP contribution in [0.25, 0.3) is 39.6 Å². The maximum atomic E-state index is 12.8. The molecule has 1 fully saturated rings. The number of benzene rings is 3. The SMILES string of the molecule is Cc1ccc(-c2nc3n(c2-c2ccc(C4(NC(=O)OC(C)(C)C)CCC4)cc2)-c2cccnc2Nc2ccccc2-3)cc1[N+](=O)[O-]. The van der Waals surface area contributed by atoms with Gasteiger partial charge in [-0.1, -0.05) is 48.5 Å². The molecule has 5 aromatic rings. The number of anilines is 2. The number of hydrogen-bond donors (Lipinski definition) is 2. The van der Waals surface area contributed by atoms with Crippen LogP contribution in [0, 0.1) is 17.0 Å². The third-order valence-corrected chi connectivity index (χ3v) is 8.66. The molecule has 2 N–H and O–H groups in total. The summed E-state index contributed by atoms with van der Waals surface area (Å²) in [6, 6.07) is 25.2. The smallest absolute Gasteiger partial charge is 0.408 e. The zero-order chi connectivity index (χ0) is 32.2. The Morgan fingerprint density at radius 1 is 1.02 bits per heavy atom. The second-order valence-corrected chi connectivity index (χ2v) is 12.9. The predicted molar refractivity (Wildman–Crippen MR) is 177 cm³/mol. The highest BCUT2D eigenvalue weighted by Crippen LogP contribution is 2.46. The Balaban J connectivity index is 1.42. The largest absolute Gasteiger partial charge is 0.444 e. The van der Waals surface area contributed by atoms with Gasteiger partial charge in [-0.3, -0.25) is 14.7 Å². The van der Waals surface area contributed by atoms with Gasteiger partial charge in [0.25, 0.3) is 5.69 Å². The summed E-state index contributed by atoms with van der Waals surface area (Å²) in [5.74, 6) is 1.36. The van der Waals surface area contributed by atoms with Crippen molar-refractivity contribution in [2.45, 2.75) is 58.1 Å². The number of carbonyl (C=O) groups is 1. The number of ether oxygens (including phenoxy) is 1. The maximum Gasteiger partial charge on any atom is 0.408 e. The standard InChI is InChI=1S/C36H34N6O4/c1-22-12-13-24(21-29(22)42(44)45)30-31(23-14-16-25(17-15-23)36(18-8-19-36)40-34(43)46-35(2,3)4)41-28-11-7-20-37-32(28)38-27-10-6-5-9-26(27)33(41)39-30/h5-7,9-17,20-21H,8,18-19H2,1-4H3,(H,37,38)(H,40,43). The molecule has 0 atom stereocenters. The Kier molecular flexibility index (Phi) is 6.88. The van der Waals surface area contributed by atoms with Crippen molar-refractivity contribution < 1.29 is 14.5 Å². The molecule has 46 heavy (non-hydrogen) atoms. The number of hydrogen-bond acceptors (Lipinski definition) is 7. The quantitative estimate of drug-likeness (QED) is 0.147. The summed E-state index contributed by atoms with van der Waals surface area (Å²) >= 11 is 0. The molecule has 232 valence electrons. The van der Waals surface area contributed by atoms with E-state index in [1.165, 1.54) is 0 Å². The average Bonchev–Trinajstić information content (AvgIpc) is 3.33. The minimum atomic E-state index is -0.598. The van der Waals surface area contributed by atoms with E-state index in [9.17, 15) is 14.9 Å². The van der Waals surface area contributed by atoms with E-state index in [1.807, 2.05) is 87.5 Å². The molecule has 3 aromatic carbocycles. The van der Waals surface area contributed by atoms with Crippen LogP contribution in [-0.4, -0.2) is 31.2 Å². The van der Waals surface area contributed by atoms with Gasteiger partial charge in [-0.25, -0.2) is 14.8 Å². The first-order valence-electron chi connectivity index (χ1n) is 15.4. The third kappa shape index (κ3) is 5.05. The number of pyridine rings is 1. The van der Waals surface area contributed by atoms with Crippen molar-refractivity contribution in [3.05, 3.63) is 106 Å². The number of amides is 1. The van der Waals surface area contributed by atoms with Crippen molar-refractivity contribution in [2.75, 3.05) is 5.32 Å². The molecule has 10 heteroatoms. The van der Waals surface area contributed by atoms with Crippen molar-refractivity contribution in [3.63, 3.8) is 0 Å². The highest BCUT2D eigenvalue weighted by Gasteiger charge is 2.41. The number of nitrogens with zero attached hydrogens (tertiary/aromatic N) is 4. The maximum absolute atomic E-state index is 12.8. The Labute approximate surface area is 266 Å². The molecule has 2 aromatic heterocycles. The van der Waals surface area contributed by atoms with Crippen LogP contribution >= 0.6 is 0 Å². The van der Waals surface area contributed by atoms with Gasteiger partial charge in [0.15, 0.2) is 5.82 Å². The van der Waals surface area contributed by atoms with E-state index in [2.05, 4.69) is 20.2 Å². The normalized spacial score (nSPS) is 14.4. The summed E-state index contributed by atoms with van der Waals surface area (Å²) in [6.45, 7) is 7.29. The van der Waals surface area contributed by atoms with Gasteiger partial charge < -0.3 is 15.4 Å². The first-order chi connectivity index (χ1) is 22.0. The number of aryl methyl sites for hydroxylation is 1. The van der Waals surface area contributed by atoms with E-state index in [-0.39, 0.29) is 10.6 Å². The van der Waals surface area contributed by atoms with Crippen LogP contribution in [0.3, 0.4) is 0 Å². The lowest BCUT2D eigenvalue weighted by Gasteiger charge is -2.43. The van der Waals surface area contributed by atoms with Crippen molar-refractivity contribution in [3.8, 4) is 39.6 Å². The molecule has 1 amide bonds. The molecular weight excluding hydrogens is 580 g/mol. The van der Waals surface area contributed by atoms with Crippen molar-refractivity contribution >= 4 is 23.3 Å². The lowest BCUT2D eigenvalue weighted by atomic mass is 9.71. The minimum Gasteiger partial charge on any atom is -0.444 e. The van der Waals surface area contributed by atoms with Crippen LogP contribution in [0.2, 0.25) is 0 Å². The fraction of sp³-hybridized carbons (Fsp3) is 0.250. The summed E-state index contributed by atoms with van der Waals surface area (Å²) < 4.78 is 7.67. The van der Waals surface area contributed by atoms with Gasteiger partial charge in [-0.05, 0) is 76.8 Å². The summed E-state index contributed by atoms with van der Waals surface area (Å²) in [6.07, 6.45) is 3.93. The summed E-state index contributed by atoms with van der Waals surface area (Å²) in [5, 5.41) is 18.6. The first kappa shape index (κ1) is 29.2. The number of nitrogens with one attached hydrogen (secondary N) is 2. The second kappa shape index (κ2) is 10.8. The zero-order valence-corrected chi connectivity index (χ0v) is 26.1. The van der Waals surface area contributed by atoms with Crippen LogP contribution in [-0.2, 0) is 10.3 Å². The van der Waals surface area contributed by atoms with Gasteiger partial charge in [0, 0.05) is 34.5 Å². The lowest BCUT2D eigenvalue weighted by molar-refractivity contribution is -0.385. The van der Waals surface area contributed by atoms with Gasteiger partial charge in [0.1, 0.15) is 11.4 Å². The van der Waals surface area contributed by atoms with Crippen LogP contribution < -0.4 is 10.6 Å². The van der Waals surface area contributed by atoms with Gasteiger partial charge in [0.2, 0.25) is 0 Å². The number of nitro groups is 1. The molecule has 0 saturated heterocycles. The minimum absolute atomic E-state index is 0.0336. The van der Waals surface area contributed by atoms with E-state index in [0.29, 0.717) is 28.5 Å². The number of rotatable bonds is 5. The Bertz CT molecular complexity index is 2000. The monoisotopic (exact) mass is 614 g/mol. The molecule has 0 radical (unpaired) electrons. The number of para-hydroxylation sites is 1. The molecule has 0 unspecified atom stereocenters. The Morgan fingerprint density at radius 2 is 1.76 bits per heavy atom. The van der Waals surface area contributed by atoms with E-state index in [4.69, 9.17) is 9.72 Å². The number of carbonyl (C=O) groups excluding carboxylic acids is 1. The predicted octanol–water partition coefficient (Wildman–Crippen LogP) is 8.45. The molecular formula is C36H34N6O4. The van der Waals surface area contributed by atoms with Crippen LogP contribution in [0.1, 0.15) is 51.2 Å². The highest BCUT2D eigenvalue weighted by atomic mass is 16.6. The van der Waals surface area contributed by atoms with E-state index in [1.54, 1.807) is 25.3 Å². The lowest BCUT2D eigenvalue weighted by Crippen LogP contribution is -2.52. The number of aromatic nitrogens is 3. The Hall–Kier alpha value is -5.51. The number of fused-ring (bicyclic) bond motifs is 5. The van der Waals surface area contributed by atoms with Gasteiger partial charge in [0.05, 0.1) is 33.2 Å². The average molecular weight is 615 g/mol. The molecule has 0 bridgehead atoms. The number of alkyl carbamates (subject to hydrolysis) is 1. The van der Waals surface area contributed by atoms with E-state index >= 15 is 0 Å². The highest BCUT2D eigenvalue weighted by molar-refractivity contribution is 5.91. The molecule has 7 rings (SSSR count). The van der Waals surface area contributed by atoms with Crippen LogP contribution in [0.4, 0.5) is 22.0 Å². The van der Waals surface area contributed by atoms with Crippen molar-refractivity contribution in [2.24, 2.45) is 0 Å². The first-order valence-corrected chi connectivity index (χ1v) is 15.4. The molecule has 0 spiro atoms. The topological polar surface area (TPSA) is 124 Å². The molecule has 3 heterocycles. The van der Waals surface area contributed by atoms with Crippen LogP contribution in [0.15, 0.2) is 85.1 Å². The third-order valence-electron chi connectivity index (χ3n) is 8.66. The summed E-state index contributed by atoms with van der Waals surface area (Å²) in [7, 11) is 0. The summed E-state index contributed by atoms with van der Waals surface area (Å²) in [5.41, 5.74) is 5.92. The van der Waals surface area contributed by atoms with Crippen molar-refractivity contribution in [1.29, 1.82) is 0 Å². The molecule has 1 aliphatic carbocycles. The fourth-order valence-corrected chi connectivity index (χ4v) is 6.31. The van der Waals surface area contributed by atoms with E-state index < -0.39 is 17.2 Å². The second-order valence-electron chi connectivity index (χ2n) is 12.9. The van der Waals surface area contributed by atoms with Crippen LogP contribution in [0.5, 0.6) is 0 Å². The van der Waals surface area contributed by atoms with Crippen molar-refractivity contribution in [1.82, 2.24) is 19.9 Å². The zero-order valence-electron chi connectivity index (χ0n) is 26.1. The summed E-state index contributed by atoms with van der Waals surface area (Å²) in [4.78, 5) is 34.3. The Morgan fingerprint density at radius 3 is 2.46 bits per heavy atom. The van der Waals surface area contributed by atoms with E-state index in [0.717, 1.165) is 53.0 Å². The number of imidazole rings is 1. The van der Waals surface area contributed by atoms with Gasteiger partial charge in [-0.2, -0.15) is 0 Å². The van der Waals surface area contributed by atoms with Gasteiger partial charge >= 0.3 is 6.09 Å². The fourth-order valence-electron chi connectivity index (χ4n) is 6.31. The molecule has 1 saturated carbocycles.